The van der Waals surface area contributed by atoms with E-state index in [0.717, 1.165) is 19.3 Å². The van der Waals surface area contributed by atoms with Crippen molar-refractivity contribution >= 4 is 16.1 Å². The second-order valence-electron chi connectivity index (χ2n) is 8.68. The molecule has 0 aromatic heterocycles. The van der Waals surface area contributed by atoms with Gasteiger partial charge < -0.3 is 4.74 Å². The van der Waals surface area contributed by atoms with Gasteiger partial charge in [0.05, 0.1) is 0 Å². The first-order chi connectivity index (χ1) is 15.1. The molecule has 0 aliphatic rings. The number of unbranched alkanes of at least 4 members (excludes halogenated alkanes) is 16. The number of alkyl halides is 3. The van der Waals surface area contributed by atoms with Gasteiger partial charge in [0.2, 0.25) is 6.10 Å². The zero-order chi connectivity index (χ0) is 24.3. The van der Waals surface area contributed by atoms with Crippen molar-refractivity contribution in [1.29, 1.82) is 0 Å². The predicted molar refractivity (Wildman–Crippen MR) is 121 cm³/mol. The van der Waals surface area contributed by atoms with Crippen LogP contribution in [0.5, 0.6) is 0 Å². The molecule has 1 N–H and O–H groups in total. The Morgan fingerprint density at radius 3 is 1.41 bits per heavy atom. The van der Waals surface area contributed by atoms with E-state index in [1.165, 1.54) is 77.0 Å². The number of hydrogen-bond donors (Lipinski definition) is 1. The Morgan fingerprint density at radius 2 is 1.09 bits per heavy atom. The van der Waals surface area contributed by atoms with Crippen LogP contribution in [0, 0.1) is 0 Å². The van der Waals surface area contributed by atoms with Gasteiger partial charge in [-0.3, -0.25) is 9.35 Å². The van der Waals surface area contributed by atoms with Gasteiger partial charge in [0.1, 0.15) is 5.75 Å². The van der Waals surface area contributed by atoms with Gasteiger partial charge in [0.25, 0.3) is 10.1 Å². The fourth-order valence-corrected chi connectivity index (χ4v) is 4.24. The molecule has 0 fully saturated rings. The maximum Gasteiger partial charge on any atom is 0.426 e. The van der Waals surface area contributed by atoms with Gasteiger partial charge in [-0.15, -0.1) is 0 Å². The number of ether oxygens (including phenoxy) is 1. The van der Waals surface area contributed by atoms with Crippen molar-refractivity contribution in [3.63, 3.8) is 0 Å². The molecule has 0 aromatic carbocycles. The van der Waals surface area contributed by atoms with E-state index in [2.05, 4.69) is 11.7 Å². The van der Waals surface area contributed by atoms with Crippen LogP contribution in [0.15, 0.2) is 0 Å². The van der Waals surface area contributed by atoms with Gasteiger partial charge in [-0.25, -0.2) is 0 Å². The molecular weight excluding hydrogens is 445 g/mol. The Hall–Kier alpha value is -0.830. The van der Waals surface area contributed by atoms with Crippen LogP contribution in [0.3, 0.4) is 0 Å². The molecule has 5 nitrogen and oxygen atoms in total. The lowest BCUT2D eigenvalue weighted by atomic mass is 10.0. The molecule has 0 radical (unpaired) electrons. The van der Waals surface area contributed by atoms with Gasteiger partial charge in [0, 0.05) is 6.42 Å². The Balaban J connectivity index is 3.55. The number of hydrogen-bond acceptors (Lipinski definition) is 4. The lowest BCUT2D eigenvalue weighted by Crippen LogP contribution is -2.39. The van der Waals surface area contributed by atoms with E-state index in [1.807, 2.05) is 0 Å². The largest absolute Gasteiger partial charge is 0.451 e. The van der Waals surface area contributed by atoms with Crippen molar-refractivity contribution in [2.45, 2.75) is 135 Å². The van der Waals surface area contributed by atoms with Crippen molar-refractivity contribution in [1.82, 2.24) is 0 Å². The summed E-state index contributed by atoms with van der Waals surface area (Å²) in [5, 5.41) is 0. The minimum atomic E-state index is -5.04. The third-order valence-corrected chi connectivity index (χ3v) is 6.21. The minimum absolute atomic E-state index is 0.198. The predicted octanol–water partition coefficient (Wildman–Crippen LogP) is 7.39. The highest BCUT2D eigenvalue weighted by atomic mass is 32.2. The molecule has 0 saturated heterocycles. The van der Waals surface area contributed by atoms with Crippen molar-refractivity contribution in [2.75, 3.05) is 5.75 Å². The zero-order valence-electron chi connectivity index (χ0n) is 19.6. The lowest BCUT2D eigenvalue weighted by Gasteiger charge is -2.19. The Labute approximate surface area is 192 Å². The van der Waals surface area contributed by atoms with Crippen LogP contribution in [0.4, 0.5) is 13.2 Å². The Kier molecular flexibility index (Phi) is 18.1. The third kappa shape index (κ3) is 21.0. The molecule has 0 aromatic rings. The molecule has 0 aliphatic heterocycles. The number of halogens is 3. The smallest absolute Gasteiger partial charge is 0.426 e. The molecule has 0 saturated carbocycles. The van der Waals surface area contributed by atoms with Crippen LogP contribution >= 0.6 is 0 Å². The summed E-state index contributed by atoms with van der Waals surface area (Å²) in [6, 6.07) is 0. The van der Waals surface area contributed by atoms with E-state index in [1.54, 1.807) is 0 Å². The van der Waals surface area contributed by atoms with Gasteiger partial charge >= 0.3 is 12.1 Å². The van der Waals surface area contributed by atoms with Crippen LogP contribution in [-0.2, 0) is 19.6 Å². The molecule has 9 heteroatoms. The summed E-state index contributed by atoms with van der Waals surface area (Å²) in [5.41, 5.74) is 0. The van der Waals surface area contributed by atoms with Crippen LogP contribution in [0.2, 0.25) is 0 Å². The topological polar surface area (TPSA) is 80.7 Å². The molecule has 0 bridgehead atoms. The molecular formula is C23H43F3O5S. The van der Waals surface area contributed by atoms with Crippen LogP contribution < -0.4 is 0 Å². The van der Waals surface area contributed by atoms with E-state index < -0.39 is 34.1 Å². The number of carbonyl (C=O) groups excluding carboxylic acids is 1. The summed E-state index contributed by atoms with van der Waals surface area (Å²) in [6.07, 6.45) is 11.8. The van der Waals surface area contributed by atoms with Crippen LogP contribution in [-0.4, -0.2) is 37.0 Å². The first-order valence-corrected chi connectivity index (χ1v) is 13.9. The van der Waals surface area contributed by atoms with Gasteiger partial charge in [-0.1, -0.05) is 110 Å². The van der Waals surface area contributed by atoms with Crippen molar-refractivity contribution in [3.05, 3.63) is 0 Å². The van der Waals surface area contributed by atoms with Crippen molar-refractivity contribution in [2.24, 2.45) is 0 Å². The number of rotatable bonds is 21. The average molecular weight is 489 g/mol. The molecule has 1 atom stereocenters. The van der Waals surface area contributed by atoms with E-state index in [-0.39, 0.29) is 6.42 Å². The second kappa shape index (κ2) is 18.6. The first kappa shape index (κ1) is 31.2. The first-order valence-electron chi connectivity index (χ1n) is 12.3. The molecule has 192 valence electrons. The maximum absolute atomic E-state index is 12.7. The average Bonchev–Trinajstić information content (AvgIpc) is 2.68. The van der Waals surface area contributed by atoms with Crippen molar-refractivity contribution < 1.29 is 35.7 Å². The summed E-state index contributed by atoms with van der Waals surface area (Å²) >= 11 is 0. The van der Waals surface area contributed by atoms with E-state index in [9.17, 15) is 26.4 Å². The van der Waals surface area contributed by atoms with Crippen molar-refractivity contribution in [3.8, 4) is 0 Å². The Bertz CT molecular complexity index is 564. The van der Waals surface area contributed by atoms with Gasteiger partial charge in [-0.2, -0.15) is 21.6 Å². The highest BCUT2D eigenvalue weighted by Crippen LogP contribution is 2.25. The highest BCUT2D eigenvalue weighted by Gasteiger charge is 2.45. The molecule has 0 aliphatic carbocycles. The molecule has 0 spiro atoms. The molecule has 32 heavy (non-hydrogen) atoms. The second-order valence-corrected chi connectivity index (χ2v) is 10.2. The fraction of sp³-hybridized carbons (Fsp3) is 0.957. The summed E-state index contributed by atoms with van der Waals surface area (Å²) in [6.45, 7) is 2.23. The number of esters is 1. The monoisotopic (exact) mass is 488 g/mol. The fourth-order valence-electron chi connectivity index (χ4n) is 3.60. The van der Waals surface area contributed by atoms with E-state index >= 15 is 0 Å². The third-order valence-electron chi connectivity index (χ3n) is 5.49. The number of carbonyl (C=O) groups is 1. The standard InChI is InChI=1S/C23H43F3O5S/c1-2-3-4-5-6-7-8-9-10-11-12-13-14-15-16-17-18-19-22(27)31-21(23(24,25)26)20-32(28,29)30/h21H,2-20H2,1H3,(H,28,29,30). The summed E-state index contributed by atoms with van der Waals surface area (Å²) in [7, 11) is -4.90. The summed E-state index contributed by atoms with van der Waals surface area (Å²) in [5.74, 6) is -2.78. The normalized spacial score (nSPS) is 13.3. The van der Waals surface area contributed by atoms with Gasteiger partial charge in [-0.05, 0) is 6.42 Å². The van der Waals surface area contributed by atoms with Crippen LogP contribution in [0.25, 0.3) is 0 Å². The highest BCUT2D eigenvalue weighted by molar-refractivity contribution is 7.85. The SMILES string of the molecule is CCCCCCCCCCCCCCCCCCCC(=O)OC(CS(=O)(=O)O)C(F)(F)F. The molecule has 0 amide bonds. The van der Waals surface area contributed by atoms with Crippen LogP contribution in [0.1, 0.15) is 122 Å². The quantitative estimate of drug-likeness (QED) is 0.103. The zero-order valence-corrected chi connectivity index (χ0v) is 20.5. The minimum Gasteiger partial charge on any atom is -0.451 e. The van der Waals surface area contributed by atoms with E-state index in [0.29, 0.717) is 12.8 Å². The summed E-state index contributed by atoms with van der Waals surface area (Å²) in [4.78, 5) is 11.5. The molecule has 0 rings (SSSR count). The van der Waals surface area contributed by atoms with Gasteiger partial charge in [0.15, 0.2) is 0 Å². The lowest BCUT2D eigenvalue weighted by molar-refractivity contribution is -0.215. The molecule has 1 unspecified atom stereocenters. The maximum atomic E-state index is 12.7. The Morgan fingerprint density at radius 1 is 0.750 bits per heavy atom. The summed E-state index contributed by atoms with van der Waals surface area (Å²) < 4.78 is 72.2. The molecule has 0 heterocycles. The van der Waals surface area contributed by atoms with E-state index in [4.69, 9.17) is 4.55 Å².